The standard InChI is InChI=1S/C13H21N/c1-4-14-11-13(2,3)10-12-8-6-5-7-9-12/h5-9,14H,4,10-11H2,1-3H3. The largest absolute Gasteiger partial charge is 0.316 e. The van der Waals surface area contributed by atoms with Crippen LogP contribution < -0.4 is 5.32 Å². The van der Waals surface area contributed by atoms with E-state index in [9.17, 15) is 0 Å². The normalized spacial score (nSPS) is 11.6. The third kappa shape index (κ3) is 3.93. The Kier molecular flexibility index (Phi) is 4.15. The summed E-state index contributed by atoms with van der Waals surface area (Å²) in [7, 11) is 0. The van der Waals surface area contributed by atoms with E-state index in [0.29, 0.717) is 5.41 Å². The molecule has 1 rings (SSSR count). The predicted molar refractivity (Wildman–Crippen MR) is 62.5 cm³/mol. The van der Waals surface area contributed by atoms with Gasteiger partial charge in [0.15, 0.2) is 0 Å². The summed E-state index contributed by atoms with van der Waals surface area (Å²) in [5.74, 6) is 0. The molecular weight excluding hydrogens is 170 g/mol. The van der Waals surface area contributed by atoms with Crippen molar-refractivity contribution < 1.29 is 0 Å². The molecule has 1 heteroatoms. The Labute approximate surface area is 87.5 Å². The predicted octanol–water partition coefficient (Wildman–Crippen LogP) is 2.86. The second-order valence-electron chi connectivity index (χ2n) is 4.61. The Morgan fingerprint density at radius 2 is 1.79 bits per heavy atom. The summed E-state index contributed by atoms with van der Waals surface area (Å²) in [6, 6.07) is 10.7. The Bertz CT molecular complexity index is 251. The molecule has 0 saturated heterocycles. The molecule has 1 aromatic rings. The summed E-state index contributed by atoms with van der Waals surface area (Å²) in [6.45, 7) is 8.90. The molecule has 0 spiro atoms. The second kappa shape index (κ2) is 5.16. The van der Waals surface area contributed by atoms with Crippen molar-refractivity contribution in [3.8, 4) is 0 Å². The topological polar surface area (TPSA) is 12.0 Å². The van der Waals surface area contributed by atoms with E-state index in [1.165, 1.54) is 5.56 Å². The Morgan fingerprint density at radius 3 is 2.36 bits per heavy atom. The van der Waals surface area contributed by atoms with Crippen molar-refractivity contribution in [2.75, 3.05) is 13.1 Å². The van der Waals surface area contributed by atoms with Crippen molar-refractivity contribution in [2.45, 2.75) is 27.2 Å². The van der Waals surface area contributed by atoms with Gasteiger partial charge in [0, 0.05) is 6.54 Å². The zero-order valence-corrected chi connectivity index (χ0v) is 9.51. The first-order chi connectivity index (χ1) is 6.64. The van der Waals surface area contributed by atoms with Crippen LogP contribution in [-0.2, 0) is 6.42 Å². The van der Waals surface area contributed by atoms with Crippen LogP contribution in [0.4, 0.5) is 0 Å². The zero-order valence-electron chi connectivity index (χ0n) is 9.51. The van der Waals surface area contributed by atoms with Crippen LogP contribution in [0.5, 0.6) is 0 Å². The monoisotopic (exact) mass is 191 g/mol. The Balaban J connectivity index is 2.50. The molecule has 0 saturated carbocycles. The van der Waals surface area contributed by atoms with Gasteiger partial charge in [0.2, 0.25) is 0 Å². The number of hydrogen-bond donors (Lipinski definition) is 1. The molecule has 1 N–H and O–H groups in total. The molecule has 78 valence electrons. The first-order valence-electron chi connectivity index (χ1n) is 5.39. The van der Waals surface area contributed by atoms with Gasteiger partial charge in [-0.05, 0) is 23.9 Å². The van der Waals surface area contributed by atoms with E-state index in [0.717, 1.165) is 19.5 Å². The molecule has 1 nitrogen and oxygen atoms in total. The molecule has 0 aliphatic heterocycles. The second-order valence-corrected chi connectivity index (χ2v) is 4.61. The highest BCUT2D eigenvalue weighted by molar-refractivity contribution is 5.16. The van der Waals surface area contributed by atoms with Crippen LogP contribution in [0.25, 0.3) is 0 Å². The summed E-state index contributed by atoms with van der Waals surface area (Å²) in [4.78, 5) is 0. The van der Waals surface area contributed by atoms with E-state index in [2.05, 4.69) is 56.4 Å². The van der Waals surface area contributed by atoms with E-state index < -0.39 is 0 Å². The van der Waals surface area contributed by atoms with Gasteiger partial charge in [-0.2, -0.15) is 0 Å². The molecule has 0 aromatic heterocycles. The number of nitrogens with one attached hydrogen (secondary N) is 1. The van der Waals surface area contributed by atoms with Gasteiger partial charge in [-0.3, -0.25) is 0 Å². The van der Waals surface area contributed by atoms with E-state index in [4.69, 9.17) is 0 Å². The van der Waals surface area contributed by atoms with Crippen molar-refractivity contribution in [1.29, 1.82) is 0 Å². The van der Waals surface area contributed by atoms with Crippen LogP contribution in [0.1, 0.15) is 26.3 Å². The first-order valence-corrected chi connectivity index (χ1v) is 5.39. The molecule has 0 bridgehead atoms. The van der Waals surface area contributed by atoms with Gasteiger partial charge in [-0.1, -0.05) is 51.1 Å². The van der Waals surface area contributed by atoms with Gasteiger partial charge < -0.3 is 5.32 Å². The molecule has 1 aromatic carbocycles. The minimum atomic E-state index is 0.345. The van der Waals surface area contributed by atoms with E-state index >= 15 is 0 Å². The lowest BCUT2D eigenvalue weighted by atomic mass is 9.86. The maximum atomic E-state index is 3.41. The van der Waals surface area contributed by atoms with Gasteiger partial charge >= 0.3 is 0 Å². The van der Waals surface area contributed by atoms with Crippen LogP contribution >= 0.6 is 0 Å². The molecule has 0 heterocycles. The zero-order chi connectivity index (χ0) is 10.4. The molecule has 0 fully saturated rings. The van der Waals surface area contributed by atoms with Crippen LogP contribution in [-0.4, -0.2) is 13.1 Å². The van der Waals surface area contributed by atoms with Crippen LogP contribution in [0, 0.1) is 5.41 Å². The van der Waals surface area contributed by atoms with E-state index in [-0.39, 0.29) is 0 Å². The van der Waals surface area contributed by atoms with Crippen molar-refractivity contribution in [3.05, 3.63) is 35.9 Å². The van der Waals surface area contributed by atoms with Gasteiger partial charge in [0.25, 0.3) is 0 Å². The van der Waals surface area contributed by atoms with Crippen molar-refractivity contribution >= 4 is 0 Å². The highest BCUT2D eigenvalue weighted by Crippen LogP contribution is 2.20. The van der Waals surface area contributed by atoms with Crippen molar-refractivity contribution in [1.82, 2.24) is 5.32 Å². The lowest BCUT2D eigenvalue weighted by molar-refractivity contribution is 0.342. The molecule has 0 aliphatic carbocycles. The van der Waals surface area contributed by atoms with Crippen LogP contribution in [0.15, 0.2) is 30.3 Å². The highest BCUT2D eigenvalue weighted by Gasteiger charge is 2.17. The fourth-order valence-electron chi connectivity index (χ4n) is 1.67. The molecule has 0 unspecified atom stereocenters. The molecule has 0 aliphatic rings. The molecule has 0 amide bonds. The summed E-state index contributed by atoms with van der Waals surface area (Å²) in [5, 5.41) is 3.41. The SMILES string of the molecule is CCNCC(C)(C)Cc1ccccc1. The van der Waals surface area contributed by atoms with Gasteiger partial charge in [-0.25, -0.2) is 0 Å². The maximum Gasteiger partial charge on any atom is 0.000559 e. The number of benzene rings is 1. The van der Waals surface area contributed by atoms with E-state index in [1.807, 2.05) is 0 Å². The molecule has 0 atom stereocenters. The molecular formula is C13H21N. The third-order valence-electron chi connectivity index (χ3n) is 2.38. The van der Waals surface area contributed by atoms with Crippen molar-refractivity contribution in [3.63, 3.8) is 0 Å². The van der Waals surface area contributed by atoms with E-state index in [1.54, 1.807) is 0 Å². The summed E-state index contributed by atoms with van der Waals surface area (Å²) >= 11 is 0. The smallest absolute Gasteiger partial charge is 0.000559 e. The van der Waals surface area contributed by atoms with Crippen molar-refractivity contribution in [2.24, 2.45) is 5.41 Å². The quantitative estimate of drug-likeness (QED) is 0.754. The maximum absolute atomic E-state index is 3.41. The van der Waals surface area contributed by atoms with Gasteiger partial charge in [0.1, 0.15) is 0 Å². The minimum absolute atomic E-state index is 0.345. The van der Waals surface area contributed by atoms with Crippen LogP contribution in [0.3, 0.4) is 0 Å². The molecule has 0 radical (unpaired) electrons. The summed E-state index contributed by atoms with van der Waals surface area (Å²) in [6.07, 6.45) is 1.14. The fourth-order valence-corrected chi connectivity index (χ4v) is 1.67. The minimum Gasteiger partial charge on any atom is -0.316 e. The van der Waals surface area contributed by atoms with Gasteiger partial charge in [0.05, 0.1) is 0 Å². The number of rotatable bonds is 5. The highest BCUT2D eigenvalue weighted by atomic mass is 14.9. The Hall–Kier alpha value is -0.820. The number of hydrogen-bond acceptors (Lipinski definition) is 1. The van der Waals surface area contributed by atoms with Crippen LogP contribution in [0.2, 0.25) is 0 Å². The lowest BCUT2D eigenvalue weighted by Gasteiger charge is -2.24. The Morgan fingerprint density at radius 1 is 1.14 bits per heavy atom. The average molecular weight is 191 g/mol. The summed E-state index contributed by atoms with van der Waals surface area (Å²) in [5.41, 5.74) is 1.77. The first kappa shape index (κ1) is 11.3. The summed E-state index contributed by atoms with van der Waals surface area (Å²) < 4.78 is 0. The average Bonchev–Trinajstić information content (AvgIpc) is 2.16. The fraction of sp³-hybridized carbons (Fsp3) is 0.538. The molecule has 14 heavy (non-hydrogen) atoms. The lowest BCUT2D eigenvalue weighted by Crippen LogP contribution is -2.30. The third-order valence-corrected chi connectivity index (χ3v) is 2.38. The van der Waals surface area contributed by atoms with Gasteiger partial charge in [-0.15, -0.1) is 0 Å².